The molecule has 0 atom stereocenters. The van der Waals surface area contributed by atoms with Gasteiger partial charge in [-0.15, -0.1) is 0 Å². The molecule has 160 valence electrons. The predicted octanol–water partition coefficient (Wildman–Crippen LogP) is 1.43. The van der Waals surface area contributed by atoms with Gasteiger partial charge in [-0.2, -0.15) is 0 Å². The third-order valence-electron chi connectivity index (χ3n) is 6.38. The minimum absolute atomic E-state index is 0.00653. The molecule has 1 aliphatic carbocycles. The molecular formula is C21H26N4O5. The van der Waals surface area contributed by atoms with Crippen molar-refractivity contribution in [1.82, 2.24) is 15.1 Å². The zero-order chi connectivity index (χ0) is 21.3. The molecule has 0 aromatic heterocycles. The van der Waals surface area contributed by atoms with Crippen LogP contribution in [-0.2, 0) is 14.4 Å². The number of likely N-dealkylation sites (tertiary alicyclic amines) is 1. The maximum atomic E-state index is 12.7. The number of aromatic hydroxyl groups is 1. The van der Waals surface area contributed by atoms with Gasteiger partial charge in [0.15, 0.2) is 0 Å². The van der Waals surface area contributed by atoms with Crippen LogP contribution in [0.25, 0.3) is 0 Å². The van der Waals surface area contributed by atoms with Gasteiger partial charge in [0.25, 0.3) is 5.91 Å². The summed E-state index contributed by atoms with van der Waals surface area (Å²) in [5.74, 6) is -1.04. The van der Waals surface area contributed by atoms with Gasteiger partial charge in [-0.05, 0) is 37.8 Å². The summed E-state index contributed by atoms with van der Waals surface area (Å²) in [5.41, 5.74) is -0.453. The Bertz CT molecular complexity index is 872. The summed E-state index contributed by atoms with van der Waals surface area (Å²) in [4.78, 5) is 52.7. The molecule has 3 fully saturated rings. The summed E-state index contributed by atoms with van der Waals surface area (Å²) < 4.78 is 0. The standard InChI is InChI=1S/C21H26N4O5/c26-16-6-2-1-5-15(16)22-18(28)14-7-11-24(12-8-14)17(27)13-25-19(29)21(23-20(25)30)9-3-4-10-21/h1-2,5-6,14,26H,3-4,7-13H2,(H,22,28)(H,23,30). The van der Waals surface area contributed by atoms with Crippen molar-refractivity contribution < 1.29 is 24.3 Å². The van der Waals surface area contributed by atoms with Crippen LogP contribution in [0.5, 0.6) is 5.75 Å². The van der Waals surface area contributed by atoms with Crippen molar-refractivity contribution in [1.29, 1.82) is 0 Å². The van der Waals surface area contributed by atoms with Crippen LogP contribution >= 0.6 is 0 Å². The molecule has 0 radical (unpaired) electrons. The van der Waals surface area contributed by atoms with Gasteiger partial charge in [0.05, 0.1) is 5.69 Å². The number of phenolic OH excluding ortho intramolecular Hbond substituents is 1. The quantitative estimate of drug-likeness (QED) is 0.509. The van der Waals surface area contributed by atoms with E-state index >= 15 is 0 Å². The van der Waals surface area contributed by atoms with Gasteiger partial charge in [-0.3, -0.25) is 19.3 Å². The van der Waals surface area contributed by atoms with Gasteiger partial charge < -0.3 is 20.6 Å². The summed E-state index contributed by atoms with van der Waals surface area (Å²) in [7, 11) is 0. The van der Waals surface area contributed by atoms with Crippen molar-refractivity contribution in [3.8, 4) is 5.75 Å². The van der Waals surface area contributed by atoms with Gasteiger partial charge in [0.2, 0.25) is 11.8 Å². The molecule has 30 heavy (non-hydrogen) atoms. The molecular weight excluding hydrogens is 388 g/mol. The number of carbonyl (C=O) groups is 4. The van der Waals surface area contributed by atoms with Crippen LogP contribution in [0.1, 0.15) is 38.5 Å². The molecule has 0 unspecified atom stereocenters. The van der Waals surface area contributed by atoms with Gasteiger partial charge in [-0.25, -0.2) is 4.79 Å². The largest absolute Gasteiger partial charge is 0.506 e. The summed E-state index contributed by atoms with van der Waals surface area (Å²) in [5, 5.41) is 15.3. The Labute approximate surface area is 174 Å². The van der Waals surface area contributed by atoms with E-state index in [1.54, 1.807) is 23.1 Å². The fraction of sp³-hybridized carbons (Fsp3) is 0.524. The second kappa shape index (κ2) is 7.97. The maximum absolute atomic E-state index is 12.7. The summed E-state index contributed by atoms with van der Waals surface area (Å²) in [6, 6.07) is 6.04. The van der Waals surface area contributed by atoms with Crippen LogP contribution < -0.4 is 10.6 Å². The number of hydrogen-bond acceptors (Lipinski definition) is 5. The fourth-order valence-electron chi connectivity index (χ4n) is 4.58. The van der Waals surface area contributed by atoms with Crippen LogP contribution in [0, 0.1) is 5.92 Å². The summed E-state index contributed by atoms with van der Waals surface area (Å²) >= 11 is 0. The number of benzene rings is 1. The van der Waals surface area contributed by atoms with Crippen molar-refractivity contribution in [2.45, 2.75) is 44.1 Å². The fourth-order valence-corrected chi connectivity index (χ4v) is 4.58. The third kappa shape index (κ3) is 3.71. The molecule has 2 heterocycles. The number of nitrogens with one attached hydrogen (secondary N) is 2. The van der Waals surface area contributed by atoms with Crippen molar-refractivity contribution >= 4 is 29.4 Å². The van der Waals surface area contributed by atoms with Crippen LogP contribution in [0.4, 0.5) is 10.5 Å². The Hall–Kier alpha value is -3.10. The average molecular weight is 414 g/mol. The second-order valence-corrected chi connectivity index (χ2v) is 8.27. The SMILES string of the molecule is O=C(Nc1ccccc1O)C1CCN(C(=O)CN2C(=O)NC3(CCCC3)C2=O)CC1. The lowest BCUT2D eigenvalue weighted by Crippen LogP contribution is -2.48. The van der Waals surface area contributed by atoms with E-state index in [9.17, 15) is 24.3 Å². The Morgan fingerprint density at radius 1 is 1.13 bits per heavy atom. The average Bonchev–Trinajstić information content (AvgIpc) is 3.30. The van der Waals surface area contributed by atoms with E-state index in [4.69, 9.17) is 0 Å². The lowest BCUT2D eigenvalue weighted by molar-refractivity contribution is -0.140. The molecule has 5 amide bonds. The van der Waals surface area contributed by atoms with Crippen LogP contribution in [-0.4, -0.2) is 63.8 Å². The van der Waals surface area contributed by atoms with Crippen LogP contribution in [0.3, 0.4) is 0 Å². The highest BCUT2D eigenvalue weighted by atomic mass is 16.3. The maximum Gasteiger partial charge on any atom is 0.325 e. The number of hydrogen-bond donors (Lipinski definition) is 3. The molecule has 1 saturated carbocycles. The van der Waals surface area contributed by atoms with E-state index in [1.165, 1.54) is 6.07 Å². The monoisotopic (exact) mass is 414 g/mol. The molecule has 4 rings (SSSR count). The number of phenols is 1. The van der Waals surface area contributed by atoms with E-state index in [1.807, 2.05) is 0 Å². The number of imide groups is 1. The highest BCUT2D eigenvalue weighted by Crippen LogP contribution is 2.35. The Morgan fingerprint density at radius 3 is 2.47 bits per heavy atom. The van der Waals surface area contributed by atoms with E-state index in [0.717, 1.165) is 17.7 Å². The Kier molecular flexibility index (Phi) is 5.36. The number of carbonyl (C=O) groups excluding carboxylic acids is 4. The predicted molar refractivity (Wildman–Crippen MR) is 107 cm³/mol. The second-order valence-electron chi connectivity index (χ2n) is 8.27. The first-order valence-electron chi connectivity index (χ1n) is 10.4. The third-order valence-corrected chi connectivity index (χ3v) is 6.38. The van der Waals surface area contributed by atoms with Gasteiger partial charge in [-0.1, -0.05) is 25.0 Å². The molecule has 9 nitrogen and oxygen atoms in total. The number of anilines is 1. The number of piperidine rings is 1. The number of urea groups is 1. The minimum atomic E-state index is -0.814. The van der Waals surface area contributed by atoms with Crippen molar-refractivity contribution in [2.75, 3.05) is 25.0 Å². The molecule has 2 saturated heterocycles. The van der Waals surface area contributed by atoms with E-state index in [0.29, 0.717) is 44.5 Å². The van der Waals surface area contributed by atoms with Gasteiger partial charge in [0.1, 0.15) is 17.8 Å². The molecule has 1 aromatic rings. The zero-order valence-corrected chi connectivity index (χ0v) is 16.7. The van der Waals surface area contributed by atoms with E-state index in [2.05, 4.69) is 10.6 Å². The first-order chi connectivity index (χ1) is 14.4. The molecule has 0 bridgehead atoms. The van der Waals surface area contributed by atoms with E-state index in [-0.39, 0.29) is 35.9 Å². The molecule has 1 spiro atoms. The lowest BCUT2D eigenvalue weighted by atomic mass is 9.95. The van der Waals surface area contributed by atoms with Crippen LogP contribution in [0.15, 0.2) is 24.3 Å². The molecule has 2 aliphatic heterocycles. The highest BCUT2D eigenvalue weighted by Gasteiger charge is 2.52. The first kappa shape index (κ1) is 20.2. The molecule has 3 aliphatic rings. The number of para-hydroxylation sites is 2. The molecule has 9 heteroatoms. The summed E-state index contributed by atoms with van der Waals surface area (Å²) in [6.07, 6.45) is 4.00. The number of nitrogens with zero attached hydrogens (tertiary/aromatic N) is 2. The lowest BCUT2D eigenvalue weighted by Gasteiger charge is -2.32. The van der Waals surface area contributed by atoms with Crippen LogP contribution in [0.2, 0.25) is 0 Å². The van der Waals surface area contributed by atoms with E-state index < -0.39 is 11.6 Å². The van der Waals surface area contributed by atoms with Gasteiger partial charge >= 0.3 is 6.03 Å². The normalized spacial score (nSPS) is 21.2. The van der Waals surface area contributed by atoms with Crippen molar-refractivity contribution in [2.24, 2.45) is 5.92 Å². The van der Waals surface area contributed by atoms with Crippen molar-refractivity contribution in [3.63, 3.8) is 0 Å². The smallest absolute Gasteiger partial charge is 0.325 e. The van der Waals surface area contributed by atoms with Gasteiger partial charge in [0, 0.05) is 19.0 Å². The first-order valence-corrected chi connectivity index (χ1v) is 10.4. The number of rotatable bonds is 4. The number of amides is 5. The zero-order valence-electron chi connectivity index (χ0n) is 16.7. The minimum Gasteiger partial charge on any atom is -0.506 e. The molecule has 1 aromatic carbocycles. The Morgan fingerprint density at radius 2 is 1.80 bits per heavy atom. The summed E-state index contributed by atoms with van der Waals surface area (Å²) in [6.45, 7) is 0.500. The Balaban J connectivity index is 1.29. The topological polar surface area (TPSA) is 119 Å². The highest BCUT2D eigenvalue weighted by molar-refractivity contribution is 6.09. The van der Waals surface area contributed by atoms with Crippen molar-refractivity contribution in [3.05, 3.63) is 24.3 Å². The molecule has 3 N–H and O–H groups in total.